The summed E-state index contributed by atoms with van der Waals surface area (Å²) in [6.07, 6.45) is 1.89. The number of thioether (sulfide) groups is 1. The van der Waals surface area contributed by atoms with Crippen LogP contribution >= 0.6 is 34.7 Å². The minimum Gasteiger partial charge on any atom is -0.344 e. The smallest absolute Gasteiger partial charge is 0.263 e. The molecule has 2 aromatic heterocycles. The van der Waals surface area contributed by atoms with E-state index in [-0.39, 0.29) is 5.91 Å². The van der Waals surface area contributed by atoms with Crippen molar-refractivity contribution in [2.75, 3.05) is 20.4 Å². The molecule has 0 saturated carbocycles. The SMILES string of the molecule is CSc1nc(Cl)c2c(C)c(C(=O)N(C)C)sc2n1. The molecule has 0 aliphatic carbocycles. The van der Waals surface area contributed by atoms with Crippen LogP contribution in [0.1, 0.15) is 15.2 Å². The summed E-state index contributed by atoms with van der Waals surface area (Å²) in [6.45, 7) is 1.88. The molecule has 0 aliphatic heterocycles. The fourth-order valence-electron chi connectivity index (χ4n) is 1.57. The van der Waals surface area contributed by atoms with Gasteiger partial charge in [0, 0.05) is 14.1 Å². The van der Waals surface area contributed by atoms with E-state index in [0.29, 0.717) is 15.2 Å². The van der Waals surface area contributed by atoms with Gasteiger partial charge in [0.15, 0.2) is 5.16 Å². The standard InChI is InChI=1S/C11H12ClN3OS2/c1-5-6-8(12)13-11(17-4)14-9(6)18-7(5)10(16)15(2)3/h1-4H3. The van der Waals surface area contributed by atoms with Crippen molar-refractivity contribution in [1.29, 1.82) is 0 Å². The molecule has 0 spiro atoms. The molecule has 0 bridgehead atoms. The lowest BCUT2D eigenvalue weighted by atomic mass is 10.2. The fraction of sp³-hybridized carbons (Fsp3) is 0.364. The van der Waals surface area contributed by atoms with Gasteiger partial charge in [-0.05, 0) is 18.7 Å². The minimum absolute atomic E-state index is 0.0303. The first-order valence-electron chi connectivity index (χ1n) is 5.18. The average molecular weight is 302 g/mol. The molecule has 0 aliphatic rings. The van der Waals surface area contributed by atoms with Crippen LogP contribution < -0.4 is 0 Å². The van der Waals surface area contributed by atoms with E-state index >= 15 is 0 Å². The molecule has 2 rings (SSSR count). The predicted molar refractivity (Wildman–Crippen MR) is 77.0 cm³/mol. The molecular weight excluding hydrogens is 290 g/mol. The van der Waals surface area contributed by atoms with Gasteiger partial charge in [0.2, 0.25) is 0 Å². The zero-order valence-corrected chi connectivity index (χ0v) is 12.8. The van der Waals surface area contributed by atoms with Crippen molar-refractivity contribution in [2.24, 2.45) is 0 Å². The second kappa shape index (κ2) is 5.03. The van der Waals surface area contributed by atoms with E-state index in [1.54, 1.807) is 19.0 Å². The largest absolute Gasteiger partial charge is 0.344 e. The molecule has 0 radical (unpaired) electrons. The number of amides is 1. The number of aryl methyl sites for hydroxylation is 1. The Morgan fingerprint density at radius 1 is 1.39 bits per heavy atom. The number of rotatable bonds is 2. The molecule has 0 unspecified atom stereocenters. The highest BCUT2D eigenvalue weighted by molar-refractivity contribution is 7.98. The fourth-order valence-corrected chi connectivity index (χ4v) is 3.61. The molecule has 0 aromatic carbocycles. The van der Waals surface area contributed by atoms with Crippen LogP contribution in [0.25, 0.3) is 10.2 Å². The van der Waals surface area contributed by atoms with Crippen molar-refractivity contribution in [3.63, 3.8) is 0 Å². The highest BCUT2D eigenvalue weighted by atomic mass is 35.5. The van der Waals surface area contributed by atoms with Crippen molar-refractivity contribution in [3.05, 3.63) is 15.6 Å². The number of fused-ring (bicyclic) bond motifs is 1. The number of aromatic nitrogens is 2. The number of nitrogens with zero attached hydrogens (tertiary/aromatic N) is 3. The zero-order valence-electron chi connectivity index (χ0n) is 10.4. The Labute approximate surface area is 118 Å². The molecule has 18 heavy (non-hydrogen) atoms. The molecule has 2 aromatic rings. The van der Waals surface area contributed by atoms with E-state index in [0.717, 1.165) is 15.8 Å². The Morgan fingerprint density at radius 2 is 2.06 bits per heavy atom. The van der Waals surface area contributed by atoms with Gasteiger partial charge in [-0.1, -0.05) is 23.4 Å². The number of thiophene rings is 1. The summed E-state index contributed by atoms with van der Waals surface area (Å²) < 4.78 is 0. The van der Waals surface area contributed by atoms with Gasteiger partial charge in [0.05, 0.1) is 10.3 Å². The summed E-state index contributed by atoms with van der Waals surface area (Å²) in [6, 6.07) is 0. The van der Waals surface area contributed by atoms with Crippen LogP contribution in [-0.4, -0.2) is 41.1 Å². The molecule has 0 saturated heterocycles. The van der Waals surface area contributed by atoms with E-state index in [4.69, 9.17) is 11.6 Å². The zero-order chi connectivity index (χ0) is 13.4. The van der Waals surface area contributed by atoms with E-state index in [1.165, 1.54) is 23.1 Å². The molecule has 96 valence electrons. The number of carbonyl (C=O) groups is 1. The topological polar surface area (TPSA) is 46.1 Å². The molecule has 0 N–H and O–H groups in total. The average Bonchev–Trinajstić information content (AvgIpc) is 2.65. The van der Waals surface area contributed by atoms with Crippen molar-refractivity contribution >= 4 is 50.8 Å². The first-order chi connectivity index (χ1) is 8.45. The number of carbonyl (C=O) groups excluding carboxylic acids is 1. The highest BCUT2D eigenvalue weighted by Gasteiger charge is 2.20. The maximum absolute atomic E-state index is 12.0. The Morgan fingerprint density at radius 3 is 2.61 bits per heavy atom. The van der Waals surface area contributed by atoms with Gasteiger partial charge in [0.1, 0.15) is 9.98 Å². The van der Waals surface area contributed by atoms with E-state index < -0.39 is 0 Å². The monoisotopic (exact) mass is 301 g/mol. The van der Waals surface area contributed by atoms with Crippen molar-refractivity contribution < 1.29 is 4.79 Å². The van der Waals surface area contributed by atoms with Gasteiger partial charge in [-0.15, -0.1) is 11.3 Å². The Hall–Kier alpha value is -0.850. The Balaban J connectivity index is 2.70. The van der Waals surface area contributed by atoms with Crippen LogP contribution in [0.15, 0.2) is 5.16 Å². The lowest BCUT2D eigenvalue weighted by Gasteiger charge is -2.08. The van der Waals surface area contributed by atoms with Gasteiger partial charge < -0.3 is 4.90 Å². The molecule has 2 heterocycles. The maximum atomic E-state index is 12.0. The number of halogens is 1. The minimum atomic E-state index is -0.0303. The summed E-state index contributed by atoms with van der Waals surface area (Å²) >= 11 is 8.96. The van der Waals surface area contributed by atoms with Gasteiger partial charge in [-0.3, -0.25) is 4.79 Å². The summed E-state index contributed by atoms with van der Waals surface area (Å²) in [5.74, 6) is -0.0303. The third-order valence-corrected chi connectivity index (χ3v) is 4.50. The van der Waals surface area contributed by atoms with E-state index in [9.17, 15) is 4.79 Å². The molecule has 4 nitrogen and oxygen atoms in total. The van der Waals surface area contributed by atoms with Crippen LogP contribution in [0.5, 0.6) is 0 Å². The quantitative estimate of drug-likeness (QED) is 0.486. The molecule has 7 heteroatoms. The van der Waals surface area contributed by atoms with E-state index in [2.05, 4.69) is 9.97 Å². The van der Waals surface area contributed by atoms with Crippen molar-refractivity contribution in [1.82, 2.24) is 14.9 Å². The highest BCUT2D eigenvalue weighted by Crippen LogP contribution is 2.35. The summed E-state index contributed by atoms with van der Waals surface area (Å²) in [7, 11) is 3.46. The molecule has 1 amide bonds. The summed E-state index contributed by atoms with van der Waals surface area (Å²) in [4.78, 5) is 23.6. The molecule has 0 fully saturated rings. The summed E-state index contributed by atoms with van der Waals surface area (Å²) in [5, 5.41) is 1.82. The van der Waals surface area contributed by atoms with Gasteiger partial charge >= 0.3 is 0 Å². The summed E-state index contributed by atoms with van der Waals surface area (Å²) in [5.41, 5.74) is 0.853. The Kier molecular flexibility index (Phi) is 3.79. The maximum Gasteiger partial charge on any atom is 0.263 e. The van der Waals surface area contributed by atoms with Gasteiger partial charge in [0.25, 0.3) is 5.91 Å². The second-order valence-electron chi connectivity index (χ2n) is 3.94. The first-order valence-corrected chi connectivity index (χ1v) is 7.60. The first kappa shape index (κ1) is 13.6. The van der Waals surface area contributed by atoms with Gasteiger partial charge in [-0.25, -0.2) is 9.97 Å². The third-order valence-electron chi connectivity index (χ3n) is 2.51. The van der Waals surface area contributed by atoms with Crippen LogP contribution in [0.4, 0.5) is 0 Å². The van der Waals surface area contributed by atoms with E-state index in [1.807, 2.05) is 13.2 Å². The van der Waals surface area contributed by atoms with Crippen molar-refractivity contribution in [2.45, 2.75) is 12.1 Å². The predicted octanol–water partition coefficient (Wildman–Crippen LogP) is 3.08. The normalized spacial score (nSPS) is 10.9. The molecule has 0 atom stereocenters. The molecular formula is C11H12ClN3OS2. The van der Waals surface area contributed by atoms with Crippen LogP contribution in [0.2, 0.25) is 5.15 Å². The second-order valence-corrected chi connectivity index (χ2v) is 6.07. The van der Waals surface area contributed by atoms with Crippen LogP contribution in [0.3, 0.4) is 0 Å². The lowest BCUT2D eigenvalue weighted by molar-refractivity contribution is 0.0831. The van der Waals surface area contributed by atoms with Crippen molar-refractivity contribution in [3.8, 4) is 0 Å². The lowest BCUT2D eigenvalue weighted by Crippen LogP contribution is -2.21. The van der Waals surface area contributed by atoms with Crippen LogP contribution in [0, 0.1) is 6.92 Å². The number of hydrogen-bond donors (Lipinski definition) is 0. The van der Waals surface area contributed by atoms with Crippen LogP contribution in [-0.2, 0) is 0 Å². The Bertz CT molecular complexity index is 624. The van der Waals surface area contributed by atoms with Gasteiger partial charge in [-0.2, -0.15) is 0 Å². The third kappa shape index (κ3) is 2.20. The number of hydrogen-bond acceptors (Lipinski definition) is 5.